The molecule has 0 heterocycles. The largest absolute Gasteiger partial charge is 0.490 e. The maximum absolute atomic E-state index is 12.1. The van der Waals surface area contributed by atoms with Gasteiger partial charge in [0.1, 0.15) is 17.4 Å². The molecule has 2 N–H and O–H groups in total. The van der Waals surface area contributed by atoms with Gasteiger partial charge >= 0.3 is 0 Å². The molecule has 0 aliphatic heterocycles. The van der Waals surface area contributed by atoms with E-state index in [1.807, 2.05) is 24.3 Å². The van der Waals surface area contributed by atoms with E-state index in [-0.39, 0.29) is 29.9 Å². The zero-order chi connectivity index (χ0) is 21.2. The van der Waals surface area contributed by atoms with Crippen LogP contribution in [0.3, 0.4) is 0 Å². The number of halogens is 3. The van der Waals surface area contributed by atoms with Gasteiger partial charge in [0, 0.05) is 33.3 Å². The minimum Gasteiger partial charge on any atom is -0.490 e. The van der Waals surface area contributed by atoms with Crippen LogP contribution in [0.4, 0.5) is 0 Å². The van der Waals surface area contributed by atoms with Crippen molar-refractivity contribution in [1.82, 2.24) is 15.5 Å². The Labute approximate surface area is 205 Å². The van der Waals surface area contributed by atoms with Crippen LogP contribution in [0, 0.1) is 0 Å². The Balaban J connectivity index is 0.00000450. The Hall–Kier alpha value is -1.71. The van der Waals surface area contributed by atoms with Crippen molar-refractivity contribution in [3.63, 3.8) is 0 Å². The van der Waals surface area contributed by atoms with Crippen LogP contribution in [0.15, 0.2) is 47.5 Å². The predicted octanol–water partition coefficient (Wildman–Crippen LogP) is 4.10. The van der Waals surface area contributed by atoms with Crippen molar-refractivity contribution in [3.05, 3.63) is 63.6 Å². The summed E-state index contributed by atoms with van der Waals surface area (Å²) in [4.78, 5) is 17.8. The van der Waals surface area contributed by atoms with Gasteiger partial charge in [-0.25, -0.2) is 0 Å². The fourth-order valence-corrected chi connectivity index (χ4v) is 2.94. The van der Waals surface area contributed by atoms with Crippen molar-refractivity contribution in [2.75, 3.05) is 40.8 Å². The van der Waals surface area contributed by atoms with E-state index in [4.69, 9.17) is 27.9 Å². The highest BCUT2D eigenvalue weighted by Gasteiger charge is 2.08. The monoisotopic (exact) mass is 564 g/mol. The third-order valence-corrected chi connectivity index (χ3v) is 4.88. The molecule has 0 spiro atoms. The second-order valence-electron chi connectivity index (χ2n) is 6.48. The van der Waals surface area contributed by atoms with E-state index in [1.165, 1.54) is 0 Å². The van der Waals surface area contributed by atoms with Gasteiger partial charge in [0.15, 0.2) is 5.96 Å². The zero-order valence-electron chi connectivity index (χ0n) is 17.2. The topological polar surface area (TPSA) is 66.0 Å². The van der Waals surface area contributed by atoms with Crippen LogP contribution < -0.4 is 15.4 Å². The molecule has 164 valence electrons. The minimum atomic E-state index is -0.00269. The van der Waals surface area contributed by atoms with Crippen LogP contribution in [0.1, 0.15) is 15.9 Å². The Morgan fingerprint density at radius 3 is 2.50 bits per heavy atom. The van der Waals surface area contributed by atoms with Gasteiger partial charge < -0.3 is 20.3 Å². The maximum atomic E-state index is 12.1. The Morgan fingerprint density at radius 1 is 1.10 bits per heavy atom. The summed E-state index contributed by atoms with van der Waals surface area (Å²) in [6.07, 6.45) is 0.768. The summed E-state index contributed by atoms with van der Waals surface area (Å²) in [6, 6.07) is 12.9. The lowest BCUT2D eigenvalue weighted by Gasteiger charge is -2.14. The van der Waals surface area contributed by atoms with Crippen LogP contribution in [0.25, 0.3) is 0 Å². The summed E-state index contributed by atoms with van der Waals surface area (Å²) in [5, 5.41) is 7.30. The lowest BCUT2D eigenvalue weighted by molar-refractivity contribution is 0.0827. The molecule has 0 saturated carbocycles. The summed E-state index contributed by atoms with van der Waals surface area (Å²) in [5.41, 5.74) is 1.77. The number of carbonyl (C=O) groups excluding carboxylic acids is 1. The number of ether oxygens (including phenoxy) is 1. The first kappa shape index (κ1) is 26.3. The Morgan fingerprint density at radius 2 is 1.80 bits per heavy atom. The molecular formula is C21H27Cl2IN4O2. The van der Waals surface area contributed by atoms with Gasteiger partial charge in [0.05, 0.1) is 11.6 Å². The van der Waals surface area contributed by atoms with E-state index >= 15 is 0 Å². The SMILES string of the molecule is CN=C(NCCOc1cccc(Cl)c1Cl)NCCc1cccc(C(=O)N(C)C)c1.I. The second-order valence-corrected chi connectivity index (χ2v) is 7.26. The number of aliphatic imine (C=N–C) groups is 1. The van der Waals surface area contributed by atoms with Crippen molar-refractivity contribution in [3.8, 4) is 5.75 Å². The molecule has 2 aromatic carbocycles. The van der Waals surface area contributed by atoms with E-state index in [2.05, 4.69) is 15.6 Å². The number of nitrogens with zero attached hydrogens (tertiary/aromatic N) is 2. The smallest absolute Gasteiger partial charge is 0.253 e. The van der Waals surface area contributed by atoms with Crippen molar-refractivity contribution in [2.45, 2.75) is 6.42 Å². The number of hydrogen-bond acceptors (Lipinski definition) is 3. The summed E-state index contributed by atoms with van der Waals surface area (Å²) in [5.74, 6) is 1.22. The van der Waals surface area contributed by atoms with Gasteiger partial charge in [-0.05, 0) is 36.2 Å². The lowest BCUT2D eigenvalue weighted by atomic mass is 10.1. The van der Waals surface area contributed by atoms with E-state index in [9.17, 15) is 4.79 Å². The van der Waals surface area contributed by atoms with E-state index in [0.29, 0.717) is 47.0 Å². The van der Waals surface area contributed by atoms with E-state index in [1.54, 1.807) is 44.2 Å². The molecule has 0 aliphatic carbocycles. The molecule has 0 unspecified atom stereocenters. The number of guanidine groups is 1. The van der Waals surface area contributed by atoms with Crippen LogP contribution >= 0.6 is 47.2 Å². The second kappa shape index (κ2) is 13.6. The molecule has 2 aromatic rings. The van der Waals surface area contributed by atoms with Crippen LogP contribution in [0.5, 0.6) is 5.75 Å². The lowest BCUT2D eigenvalue weighted by Crippen LogP contribution is -2.40. The van der Waals surface area contributed by atoms with E-state index < -0.39 is 0 Å². The van der Waals surface area contributed by atoms with Gasteiger partial charge in [-0.1, -0.05) is 41.4 Å². The number of hydrogen-bond donors (Lipinski definition) is 2. The maximum Gasteiger partial charge on any atom is 0.253 e. The highest BCUT2D eigenvalue weighted by atomic mass is 127. The molecule has 0 bridgehead atoms. The molecule has 1 amide bonds. The Bertz CT molecular complexity index is 863. The molecular weight excluding hydrogens is 538 g/mol. The molecule has 0 fully saturated rings. The van der Waals surface area contributed by atoms with Crippen molar-refractivity contribution >= 4 is 59.0 Å². The van der Waals surface area contributed by atoms with Crippen molar-refractivity contribution in [1.29, 1.82) is 0 Å². The van der Waals surface area contributed by atoms with Crippen LogP contribution in [-0.2, 0) is 6.42 Å². The van der Waals surface area contributed by atoms with Gasteiger partial charge in [0.25, 0.3) is 5.91 Å². The molecule has 0 saturated heterocycles. The van der Waals surface area contributed by atoms with E-state index in [0.717, 1.165) is 12.0 Å². The van der Waals surface area contributed by atoms with Gasteiger partial charge in [0.2, 0.25) is 0 Å². The summed E-state index contributed by atoms with van der Waals surface area (Å²) >= 11 is 12.1. The van der Waals surface area contributed by atoms with Gasteiger partial charge in [-0.2, -0.15) is 0 Å². The van der Waals surface area contributed by atoms with Crippen molar-refractivity contribution < 1.29 is 9.53 Å². The van der Waals surface area contributed by atoms with Crippen molar-refractivity contribution in [2.24, 2.45) is 4.99 Å². The molecule has 0 aromatic heterocycles. The summed E-state index contributed by atoms with van der Waals surface area (Å²) in [7, 11) is 5.20. The average Bonchev–Trinajstić information content (AvgIpc) is 2.72. The summed E-state index contributed by atoms with van der Waals surface area (Å²) < 4.78 is 5.64. The molecule has 2 rings (SSSR count). The molecule has 0 radical (unpaired) electrons. The quantitative estimate of drug-likeness (QED) is 0.219. The highest BCUT2D eigenvalue weighted by molar-refractivity contribution is 14.0. The number of benzene rings is 2. The normalized spacial score (nSPS) is 10.8. The molecule has 30 heavy (non-hydrogen) atoms. The third kappa shape index (κ3) is 8.20. The molecule has 0 aliphatic rings. The van der Waals surface area contributed by atoms with Gasteiger partial charge in [-0.3, -0.25) is 9.79 Å². The first-order valence-electron chi connectivity index (χ1n) is 9.24. The fraction of sp³-hybridized carbons (Fsp3) is 0.333. The number of rotatable bonds is 8. The average molecular weight is 565 g/mol. The minimum absolute atomic E-state index is 0. The first-order chi connectivity index (χ1) is 13.9. The number of amides is 1. The standard InChI is InChI=1S/C21H26Cl2N4O2.HI/c1-24-21(26-12-13-29-18-9-5-8-17(22)19(18)23)25-11-10-15-6-4-7-16(14-15)20(28)27(2)3;/h4-9,14H,10-13H2,1-3H3,(H2,24,25,26);1H. The highest BCUT2D eigenvalue weighted by Crippen LogP contribution is 2.31. The third-order valence-electron chi connectivity index (χ3n) is 4.08. The first-order valence-corrected chi connectivity index (χ1v) is 10.00. The zero-order valence-corrected chi connectivity index (χ0v) is 21.1. The Kier molecular flexibility index (Phi) is 11.9. The molecule has 9 heteroatoms. The predicted molar refractivity (Wildman–Crippen MR) is 135 cm³/mol. The number of carbonyl (C=O) groups is 1. The molecule has 0 atom stereocenters. The van der Waals surface area contributed by atoms with Crippen LogP contribution in [-0.4, -0.2) is 57.6 Å². The summed E-state index contributed by atoms with van der Waals surface area (Å²) in [6.45, 7) is 1.64. The van der Waals surface area contributed by atoms with Gasteiger partial charge in [-0.15, -0.1) is 24.0 Å². The number of nitrogens with one attached hydrogen (secondary N) is 2. The molecule has 6 nitrogen and oxygen atoms in total. The van der Waals surface area contributed by atoms with Crippen LogP contribution in [0.2, 0.25) is 10.0 Å². The fourth-order valence-electron chi connectivity index (χ4n) is 2.59.